The molecule has 108 valence electrons. The third kappa shape index (κ3) is 3.60. The van der Waals surface area contributed by atoms with Gasteiger partial charge in [-0.15, -0.1) is 0 Å². The van der Waals surface area contributed by atoms with Crippen molar-refractivity contribution in [2.45, 2.75) is 32.7 Å². The molecule has 0 aromatic heterocycles. The molecule has 0 radical (unpaired) electrons. The third-order valence-electron chi connectivity index (χ3n) is 3.47. The number of aryl methyl sites for hydroxylation is 1. The van der Waals surface area contributed by atoms with Crippen LogP contribution in [0.3, 0.4) is 0 Å². The Balaban J connectivity index is 2.12. The zero-order valence-electron chi connectivity index (χ0n) is 11.8. The average Bonchev–Trinajstić information content (AvgIpc) is 2.40. The van der Waals surface area contributed by atoms with Crippen LogP contribution < -0.4 is 5.32 Å². The maximum absolute atomic E-state index is 12.6. The smallest absolute Gasteiger partial charge is 0.255 e. The minimum absolute atomic E-state index is 0.0237. The fraction of sp³-hybridized carbons (Fsp3) is 0.467. The number of hydrogen-bond donors (Lipinski definition) is 1. The number of rotatable bonds is 2. The summed E-state index contributed by atoms with van der Waals surface area (Å²) in [6, 6.07) is 5.83. The van der Waals surface area contributed by atoms with Gasteiger partial charge in [-0.2, -0.15) is 0 Å². The monoisotopic (exact) mass is 338 g/mol. The summed E-state index contributed by atoms with van der Waals surface area (Å²) in [7, 11) is 0. The number of likely N-dealkylation sites (tertiary alicyclic amines) is 1. The molecule has 0 bridgehead atoms. The SMILES string of the molecule is CC(=O)NC1CCCN(C(=O)c2cc(C)ccc2Br)C1. The van der Waals surface area contributed by atoms with Gasteiger partial charge >= 0.3 is 0 Å². The number of nitrogens with one attached hydrogen (secondary N) is 1. The van der Waals surface area contributed by atoms with E-state index in [1.807, 2.05) is 30.0 Å². The molecule has 1 aromatic carbocycles. The normalized spacial score (nSPS) is 18.8. The third-order valence-corrected chi connectivity index (χ3v) is 4.16. The highest BCUT2D eigenvalue weighted by Gasteiger charge is 2.25. The highest BCUT2D eigenvalue weighted by atomic mass is 79.9. The van der Waals surface area contributed by atoms with Crippen LogP contribution in [0, 0.1) is 6.92 Å². The Morgan fingerprint density at radius 1 is 1.40 bits per heavy atom. The molecular weight excluding hydrogens is 320 g/mol. The zero-order valence-corrected chi connectivity index (χ0v) is 13.4. The first kappa shape index (κ1) is 15.0. The molecule has 1 aliphatic rings. The maximum atomic E-state index is 12.6. The van der Waals surface area contributed by atoms with Gasteiger partial charge < -0.3 is 10.2 Å². The van der Waals surface area contributed by atoms with Gasteiger partial charge in [0.25, 0.3) is 5.91 Å². The van der Waals surface area contributed by atoms with Crippen molar-refractivity contribution in [2.75, 3.05) is 13.1 Å². The van der Waals surface area contributed by atoms with Crippen LogP contribution in [0.4, 0.5) is 0 Å². The van der Waals surface area contributed by atoms with E-state index in [4.69, 9.17) is 0 Å². The van der Waals surface area contributed by atoms with E-state index in [0.29, 0.717) is 12.1 Å². The van der Waals surface area contributed by atoms with Crippen LogP contribution in [0.25, 0.3) is 0 Å². The summed E-state index contributed by atoms with van der Waals surface area (Å²) in [5.41, 5.74) is 1.75. The molecule has 1 N–H and O–H groups in total. The second-order valence-electron chi connectivity index (χ2n) is 5.27. The predicted octanol–water partition coefficient (Wildman–Crippen LogP) is 2.50. The number of piperidine rings is 1. The van der Waals surface area contributed by atoms with Gasteiger partial charge in [-0.3, -0.25) is 9.59 Å². The molecule has 1 heterocycles. The molecular formula is C15H19BrN2O2. The average molecular weight is 339 g/mol. The summed E-state index contributed by atoms with van der Waals surface area (Å²) in [5, 5.41) is 2.90. The van der Waals surface area contributed by atoms with Gasteiger partial charge in [-0.25, -0.2) is 0 Å². The van der Waals surface area contributed by atoms with E-state index >= 15 is 0 Å². The van der Waals surface area contributed by atoms with Crippen LogP contribution in [0.15, 0.2) is 22.7 Å². The molecule has 5 heteroatoms. The molecule has 0 aliphatic carbocycles. The zero-order chi connectivity index (χ0) is 14.7. The first-order valence-corrected chi connectivity index (χ1v) is 7.59. The molecule has 1 fully saturated rings. The van der Waals surface area contributed by atoms with Crippen LogP contribution in [0.1, 0.15) is 35.7 Å². The molecule has 1 atom stereocenters. The van der Waals surface area contributed by atoms with Crippen molar-refractivity contribution < 1.29 is 9.59 Å². The van der Waals surface area contributed by atoms with E-state index in [-0.39, 0.29) is 17.9 Å². The predicted molar refractivity (Wildman–Crippen MR) is 81.6 cm³/mol. The number of amides is 2. The fourth-order valence-corrected chi connectivity index (χ4v) is 2.96. The summed E-state index contributed by atoms with van der Waals surface area (Å²) in [6.07, 6.45) is 1.85. The Kier molecular flexibility index (Phi) is 4.81. The molecule has 4 nitrogen and oxygen atoms in total. The number of nitrogens with zero attached hydrogens (tertiary/aromatic N) is 1. The molecule has 1 saturated heterocycles. The summed E-state index contributed by atoms with van der Waals surface area (Å²) in [4.78, 5) is 25.5. The molecule has 2 rings (SSSR count). The van der Waals surface area contributed by atoms with E-state index < -0.39 is 0 Å². The Labute approximate surface area is 127 Å². The highest BCUT2D eigenvalue weighted by molar-refractivity contribution is 9.10. The molecule has 1 unspecified atom stereocenters. The van der Waals surface area contributed by atoms with Gasteiger partial charge in [0.2, 0.25) is 5.91 Å². The van der Waals surface area contributed by atoms with Crippen molar-refractivity contribution in [1.29, 1.82) is 0 Å². The van der Waals surface area contributed by atoms with E-state index in [1.54, 1.807) is 0 Å². The molecule has 1 aromatic rings. The van der Waals surface area contributed by atoms with E-state index in [9.17, 15) is 9.59 Å². The lowest BCUT2D eigenvalue weighted by molar-refractivity contribution is -0.120. The lowest BCUT2D eigenvalue weighted by Crippen LogP contribution is -2.49. The number of carbonyl (C=O) groups excluding carboxylic acids is 2. The largest absolute Gasteiger partial charge is 0.352 e. The van der Waals surface area contributed by atoms with Crippen molar-refractivity contribution in [3.8, 4) is 0 Å². The van der Waals surface area contributed by atoms with Crippen LogP contribution in [-0.4, -0.2) is 35.8 Å². The summed E-state index contributed by atoms with van der Waals surface area (Å²) in [6.45, 7) is 4.81. The van der Waals surface area contributed by atoms with Crippen molar-refractivity contribution in [2.24, 2.45) is 0 Å². The molecule has 20 heavy (non-hydrogen) atoms. The Bertz CT molecular complexity index is 531. The summed E-state index contributed by atoms with van der Waals surface area (Å²) < 4.78 is 0.815. The van der Waals surface area contributed by atoms with Gasteiger partial charge in [0.15, 0.2) is 0 Å². The van der Waals surface area contributed by atoms with Gasteiger partial charge in [-0.05, 0) is 47.8 Å². The maximum Gasteiger partial charge on any atom is 0.255 e. The number of carbonyl (C=O) groups is 2. The lowest BCUT2D eigenvalue weighted by Gasteiger charge is -2.33. The first-order chi connectivity index (χ1) is 9.47. The van der Waals surface area contributed by atoms with Crippen LogP contribution in [0.2, 0.25) is 0 Å². The Morgan fingerprint density at radius 3 is 2.85 bits per heavy atom. The quantitative estimate of drug-likeness (QED) is 0.900. The number of hydrogen-bond acceptors (Lipinski definition) is 2. The van der Waals surface area contributed by atoms with Crippen LogP contribution >= 0.6 is 15.9 Å². The van der Waals surface area contributed by atoms with Crippen molar-refractivity contribution in [1.82, 2.24) is 10.2 Å². The number of benzene rings is 1. The van der Waals surface area contributed by atoms with Gasteiger partial charge in [0, 0.05) is 30.5 Å². The second kappa shape index (κ2) is 6.39. The van der Waals surface area contributed by atoms with E-state index in [0.717, 1.165) is 29.4 Å². The summed E-state index contributed by atoms with van der Waals surface area (Å²) >= 11 is 3.44. The van der Waals surface area contributed by atoms with Crippen molar-refractivity contribution in [3.63, 3.8) is 0 Å². The van der Waals surface area contributed by atoms with E-state index in [2.05, 4.69) is 21.2 Å². The van der Waals surface area contributed by atoms with Crippen LogP contribution in [0.5, 0.6) is 0 Å². The summed E-state index contributed by atoms with van der Waals surface area (Å²) in [5.74, 6) is -0.0170. The Hall–Kier alpha value is -1.36. The van der Waals surface area contributed by atoms with Gasteiger partial charge in [-0.1, -0.05) is 11.6 Å². The Morgan fingerprint density at radius 2 is 2.15 bits per heavy atom. The highest BCUT2D eigenvalue weighted by Crippen LogP contribution is 2.22. The molecule has 2 amide bonds. The van der Waals surface area contributed by atoms with E-state index in [1.165, 1.54) is 6.92 Å². The number of halogens is 1. The minimum atomic E-state index is -0.0407. The second-order valence-corrected chi connectivity index (χ2v) is 6.13. The molecule has 1 aliphatic heterocycles. The lowest BCUT2D eigenvalue weighted by atomic mass is 10.0. The van der Waals surface area contributed by atoms with Crippen LogP contribution in [-0.2, 0) is 4.79 Å². The van der Waals surface area contributed by atoms with Crippen molar-refractivity contribution in [3.05, 3.63) is 33.8 Å². The topological polar surface area (TPSA) is 49.4 Å². The van der Waals surface area contributed by atoms with Crippen molar-refractivity contribution >= 4 is 27.7 Å². The van der Waals surface area contributed by atoms with Gasteiger partial charge in [0.1, 0.15) is 0 Å². The molecule has 0 spiro atoms. The van der Waals surface area contributed by atoms with Gasteiger partial charge in [0.05, 0.1) is 5.56 Å². The molecule has 0 saturated carbocycles. The standard InChI is InChI=1S/C15H19BrN2O2/c1-10-5-6-14(16)13(8-10)15(20)18-7-3-4-12(9-18)17-11(2)19/h5-6,8,12H,3-4,7,9H2,1-2H3,(H,17,19). The minimum Gasteiger partial charge on any atom is -0.352 e. The first-order valence-electron chi connectivity index (χ1n) is 6.80. The fourth-order valence-electron chi connectivity index (χ4n) is 2.54.